The zero-order valence-electron chi connectivity index (χ0n) is 17.1. The van der Waals surface area contributed by atoms with Gasteiger partial charge in [-0.3, -0.25) is 14.5 Å². The molecule has 0 saturated heterocycles. The summed E-state index contributed by atoms with van der Waals surface area (Å²) < 4.78 is 0. The van der Waals surface area contributed by atoms with Gasteiger partial charge < -0.3 is 0 Å². The van der Waals surface area contributed by atoms with Crippen LogP contribution in [0.25, 0.3) is 0 Å². The maximum atomic E-state index is 13.5. The average molecular weight is 463 g/mol. The standard InChI is InChI=1S/C24H22Cl3NO2/c1-13-4-5-15(26)9-19(13)28-20-11-24(2,3)12-21(29)23(20)17(10-22(28)30)16-7-6-14(25)8-18(16)27/h4-9,17H,10-12H2,1-3H3. The molecule has 1 aliphatic heterocycles. The van der Waals surface area contributed by atoms with E-state index in [1.807, 2.05) is 19.1 Å². The van der Waals surface area contributed by atoms with Gasteiger partial charge in [-0.05, 0) is 54.2 Å². The first-order chi connectivity index (χ1) is 14.1. The number of nitrogens with zero attached hydrogens (tertiary/aromatic N) is 1. The summed E-state index contributed by atoms with van der Waals surface area (Å²) in [7, 11) is 0. The Morgan fingerprint density at radius 1 is 0.967 bits per heavy atom. The van der Waals surface area contributed by atoms with Gasteiger partial charge in [0.2, 0.25) is 5.91 Å². The predicted octanol–water partition coefficient (Wildman–Crippen LogP) is 7.12. The minimum atomic E-state index is -0.378. The second kappa shape index (κ2) is 7.71. The molecule has 30 heavy (non-hydrogen) atoms. The first kappa shape index (κ1) is 21.4. The molecule has 1 atom stereocenters. The van der Waals surface area contributed by atoms with Crippen molar-refractivity contribution in [2.24, 2.45) is 5.41 Å². The summed E-state index contributed by atoms with van der Waals surface area (Å²) in [5.74, 6) is -0.383. The summed E-state index contributed by atoms with van der Waals surface area (Å²) >= 11 is 18.8. The summed E-state index contributed by atoms with van der Waals surface area (Å²) in [6.45, 7) is 6.05. The molecule has 0 bridgehead atoms. The van der Waals surface area contributed by atoms with Crippen LogP contribution in [-0.4, -0.2) is 11.7 Å². The number of benzene rings is 2. The molecule has 0 spiro atoms. The molecular weight excluding hydrogens is 441 g/mol. The highest BCUT2D eigenvalue weighted by Gasteiger charge is 2.45. The van der Waals surface area contributed by atoms with Crippen LogP contribution in [0.2, 0.25) is 15.1 Å². The number of amides is 1. The molecule has 0 aromatic heterocycles. The molecule has 156 valence electrons. The van der Waals surface area contributed by atoms with Crippen molar-refractivity contribution in [1.82, 2.24) is 0 Å². The molecule has 1 unspecified atom stereocenters. The number of hydrogen-bond donors (Lipinski definition) is 0. The van der Waals surface area contributed by atoms with Crippen molar-refractivity contribution in [3.63, 3.8) is 0 Å². The Hall–Kier alpha value is -1.81. The van der Waals surface area contributed by atoms with Crippen molar-refractivity contribution in [3.05, 3.63) is 73.9 Å². The molecule has 0 fully saturated rings. The monoisotopic (exact) mass is 461 g/mol. The highest BCUT2D eigenvalue weighted by molar-refractivity contribution is 6.35. The maximum Gasteiger partial charge on any atom is 0.232 e. The van der Waals surface area contributed by atoms with E-state index in [2.05, 4.69) is 13.8 Å². The van der Waals surface area contributed by atoms with Crippen molar-refractivity contribution in [1.29, 1.82) is 0 Å². The zero-order valence-corrected chi connectivity index (χ0v) is 19.3. The molecule has 4 rings (SSSR count). The number of carbonyl (C=O) groups excluding carboxylic acids is 2. The van der Waals surface area contributed by atoms with Gasteiger partial charge in [0.1, 0.15) is 0 Å². The van der Waals surface area contributed by atoms with Crippen LogP contribution in [-0.2, 0) is 9.59 Å². The van der Waals surface area contributed by atoms with E-state index in [1.54, 1.807) is 29.2 Å². The summed E-state index contributed by atoms with van der Waals surface area (Å²) in [6, 6.07) is 10.7. The van der Waals surface area contributed by atoms with Crippen molar-refractivity contribution in [3.8, 4) is 0 Å². The normalized spacial score (nSPS) is 21.1. The molecule has 3 nitrogen and oxygen atoms in total. The van der Waals surface area contributed by atoms with Crippen LogP contribution >= 0.6 is 34.8 Å². The van der Waals surface area contributed by atoms with Crippen molar-refractivity contribution in [2.45, 2.75) is 46.0 Å². The van der Waals surface area contributed by atoms with Gasteiger partial charge in [0.05, 0.1) is 5.69 Å². The van der Waals surface area contributed by atoms with Gasteiger partial charge in [-0.15, -0.1) is 0 Å². The third-order valence-corrected chi connectivity index (χ3v) is 6.69. The Balaban J connectivity index is 1.95. The second-order valence-electron chi connectivity index (χ2n) is 8.88. The van der Waals surface area contributed by atoms with E-state index in [-0.39, 0.29) is 29.4 Å². The first-order valence-corrected chi connectivity index (χ1v) is 11.0. The van der Waals surface area contributed by atoms with E-state index in [4.69, 9.17) is 34.8 Å². The Morgan fingerprint density at radius 3 is 2.33 bits per heavy atom. The number of rotatable bonds is 2. The van der Waals surface area contributed by atoms with Gasteiger partial charge in [-0.2, -0.15) is 0 Å². The highest BCUT2D eigenvalue weighted by atomic mass is 35.5. The molecular formula is C24H22Cl3NO2. The van der Waals surface area contributed by atoms with E-state index in [0.29, 0.717) is 33.5 Å². The molecule has 2 aliphatic rings. The van der Waals surface area contributed by atoms with Crippen LogP contribution < -0.4 is 4.90 Å². The smallest absolute Gasteiger partial charge is 0.232 e. The van der Waals surface area contributed by atoms with E-state index in [9.17, 15) is 9.59 Å². The van der Waals surface area contributed by atoms with Crippen molar-refractivity contribution in [2.75, 3.05) is 4.90 Å². The Labute approximate surface area is 191 Å². The van der Waals surface area contributed by atoms with Crippen LogP contribution in [0.1, 0.15) is 50.2 Å². The number of Topliss-reactive ketones (excluding diaryl/α,β-unsaturated/α-hetero) is 1. The van der Waals surface area contributed by atoms with Gasteiger partial charge >= 0.3 is 0 Å². The van der Waals surface area contributed by atoms with E-state index in [0.717, 1.165) is 22.5 Å². The molecule has 1 amide bonds. The number of hydrogen-bond acceptors (Lipinski definition) is 2. The SMILES string of the molecule is Cc1ccc(Cl)cc1N1C(=O)CC(c2ccc(Cl)cc2Cl)C2=C1CC(C)(C)CC2=O. The number of carbonyl (C=O) groups is 2. The Morgan fingerprint density at radius 2 is 1.63 bits per heavy atom. The summed E-state index contributed by atoms with van der Waals surface area (Å²) in [6.07, 6.45) is 1.22. The number of ketones is 1. The van der Waals surface area contributed by atoms with Crippen LogP contribution in [0.5, 0.6) is 0 Å². The summed E-state index contributed by atoms with van der Waals surface area (Å²) in [5, 5.41) is 1.54. The van der Waals surface area contributed by atoms with E-state index >= 15 is 0 Å². The Kier molecular flexibility index (Phi) is 5.50. The molecule has 0 radical (unpaired) electrons. The van der Waals surface area contributed by atoms with Gasteiger partial charge in [-0.1, -0.05) is 60.8 Å². The van der Waals surface area contributed by atoms with Crippen molar-refractivity contribution >= 4 is 52.2 Å². The number of aryl methyl sites for hydroxylation is 1. The number of halogens is 3. The average Bonchev–Trinajstić information content (AvgIpc) is 2.62. The minimum Gasteiger partial charge on any atom is -0.294 e. The van der Waals surface area contributed by atoms with E-state index < -0.39 is 0 Å². The second-order valence-corrected chi connectivity index (χ2v) is 10.2. The van der Waals surface area contributed by atoms with Crippen molar-refractivity contribution < 1.29 is 9.59 Å². The fourth-order valence-corrected chi connectivity index (χ4v) is 5.27. The van der Waals surface area contributed by atoms with Crippen LogP contribution in [0.15, 0.2) is 47.7 Å². The summed E-state index contributed by atoms with van der Waals surface area (Å²) in [4.78, 5) is 28.5. The predicted molar refractivity (Wildman–Crippen MR) is 123 cm³/mol. The Bertz CT molecular complexity index is 1100. The largest absolute Gasteiger partial charge is 0.294 e. The molecule has 0 saturated carbocycles. The molecule has 6 heteroatoms. The number of allylic oxidation sites excluding steroid dienone is 2. The lowest BCUT2D eigenvalue weighted by molar-refractivity contribution is -0.121. The van der Waals surface area contributed by atoms with E-state index in [1.165, 1.54) is 0 Å². The lowest BCUT2D eigenvalue weighted by atomic mass is 9.69. The molecule has 1 heterocycles. The molecule has 2 aromatic rings. The fourth-order valence-electron chi connectivity index (χ4n) is 4.57. The third-order valence-electron chi connectivity index (χ3n) is 5.89. The van der Waals surface area contributed by atoms with Gasteiger partial charge in [0.25, 0.3) is 0 Å². The highest BCUT2D eigenvalue weighted by Crippen LogP contribution is 2.49. The minimum absolute atomic E-state index is 0.0643. The first-order valence-electron chi connectivity index (χ1n) is 9.88. The molecule has 0 N–H and O–H groups in total. The van der Waals surface area contributed by atoms with Gasteiger partial charge in [0, 0.05) is 45.1 Å². The van der Waals surface area contributed by atoms with Gasteiger partial charge in [0.15, 0.2) is 5.78 Å². The lowest BCUT2D eigenvalue weighted by Gasteiger charge is -2.43. The summed E-state index contributed by atoms with van der Waals surface area (Å²) in [5.41, 5.74) is 3.61. The topological polar surface area (TPSA) is 37.4 Å². The van der Waals surface area contributed by atoms with Crippen LogP contribution in [0.4, 0.5) is 5.69 Å². The lowest BCUT2D eigenvalue weighted by Crippen LogP contribution is -2.44. The van der Waals surface area contributed by atoms with Crippen LogP contribution in [0, 0.1) is 12.3 Å². The molecule has 2 aromatic carbocycles. The van der Waals surface area contributed by atoms with Crippen LogP contribution in [0.3, 0.4) is 0 Å². The third kappa shape index (κ3) is 3.79. The van der Waals surface area contributed by atoms with Gasteiger partial charge in [-0.25, -0.2) is 0 Å². The zero-order chi connectivity index (χ0) is 21.8. The number of anilines is 1. The molecule has 1 aliphatic carbocycles. The quantitative estimate of drug-likeness (QED) is 0.476. The maximum absolute atomic E-state index is 13.5. The fraction of sp³-hybridized carbons (Fsp3) is 0.333.